The van der Waals surface area contributed by atoms with Crippen LogP contribution < -0.4 is 0 Å². The number of carbonyl (C=O) groups excluding carboxylic acids is 1. The number of carboxylic acid groups (broad SMARTS) is 1. The van der Waals surface area contributed by atoms with Crippen LogP contribution in [0.5, 0.6) is 0 Å². The number of carbonyl (C=O) groups is 2. The molecule has 1 aromatic carbocycles. The molecule has 5 nitrogen and oxygen atoms in total. The molecular formula is C14H19NO4. The summed E-state index contributed by atoms with van der Waals surface area (Å²) in [4.78, 5) is 23.9. The molecule has 0 saturated carbocycles. The van der Waals surface area contributed by atoms with Gasteiger partial charge in [0.05, 0.1) is 19.6 Å². The van der Waals surface area contributed by atoms with Gasteiger partial charge in [-0.25, -0.2) is 4.79 Å². The number of rotatable bonds is 5. The van der Waals surface area contributed by atoms with E-state index in [9.17, 15) is 14.7 Å². The number of hydrogen-bond donors (Lipinski definition) is 1. The lowest BCUT2D eigenvalue weighted by molar-refractivity contribution is -0.141. The molecule has 0 aliphatic heterocycles. The first-order valence-corrected chi connectivity index (χ1v) is 6.10. The molecule has 0 aromatic heterocycles. The molecule has 1 amide bonds. The van der Waals surface area contributed by atoms with Crippen LogP contribution in [-0.4, -0.2) is 35.2 Å². The Morgan fingerprint density at radius 1 is 1.26 bits per heavy atom. The smallest absolute Gasteiger partial charge is 0.408 e. The van der Waals surface area contributed by atoms with Crippen molar-refractivity contribution in [1.82, 2.24) is 4.90 Å². The Bertz CT molecular complexity index is 432. The number of amides is 1. The summed E-state index contributed by atoms with van der Waals surface area (Å²) in [6.45, 7) is 3.50. The Kier molecular flexibility index (Phi) is 5.36. The molecule has 2 atom stereocenters. The van der Waals surface area contributed by atoms with Crippen molar-refractivity contribution in [2.45, 2.75) is 32.4 Å². The molecule has 0 spiro atoms. The van der Waals surface area contributed by atoms with Gasteiger partial charge in [-0.15, -0.1) is 0 Å². The van der Waals surface area contributed by atoms with Gasteiger partial charge in [-0.05, 0) is 19.4 Å². The molecule has 5 heteroatoms. The predicted molar refractivity (Wildman–Crippen MR) is 70.8 cm³/mol. The molecule has 1 N–H and O–H groups in total. The number of ether oxygens (including phenoxy) is 1. The lowest BCUT2D eigenvalue weighted by Gasteiger charge is -2.32. The fourth-order valence-electron chi connectivity index (χ4n) is 2.05. The number of benzene rings is 1. The molecule has 0 aliphatic rings. The normalized spacial score (nSPS) is 13.4. The van der Waals surface area contributed by atoms with Crippen LogP contribution in [0.2, 0.25) is 0 Å². The van der Waals surface area contributed by atoms with Gasteiger partial charge in [0.15, 0.2) is 0 Å². The summed E-state index contributed by atoms with van der Waals surface area (Å²) >= 11 is 0. The summed E-state index contributed by atoms with van der Waals surface area (Å²) in [6, 6.07) is 8.56. The van der Waals surface area contributed by atoms with Crippen LogP contribution in [0.4, 0.5) is 4.79 Å². The fourth-order valence-corrected chi connectivity index (χ4v) is 2.05. The lowest BCUT2D eigenvalue weighted by Crippen LogP contribution is -2.40. The second kappa shape index (κ2) is 6.78. The SMILES string of the molecule is COC(=O)C[C@@H](C)N(C(=O)O)C(C)c1ccccc1. The van der Waals surface area contributed by atoms with Crippen molar-refractivity contribution in [1.29, 1.82) is 0 Å². The lowest BCUT2D eigenvalue weighted by atomic mass is 10.0. The van der Waals surface area contributed by atoms with Crippen LogP contribution in [-0.2, 0) is 9.53 Å². The van der Waals surface area contributed by atoms with Gasteiger partial charge < -0.3 is 9.84 Å². The highest BCUT2D eigenvalue weighted by molar-refractivity contribution is 5.72. The molecule has 1 aromatic rings. The largest absolute Gasteiger partial charge is 0.469 e. The molecule has 0 aliphatic carbocycles. The van der Waals surface area contributed by atoms with Crippen molar-refractivity contribution in [2.24, 2.45) is 0 Å². The number of nitrogens with zero attached hydrogens (tertiary/aromatic N) is 1. The highest BCUT2D eigenvalue weighted by atomic mass is 16.5. The van der Waals surface area contributed by atoms with Crippen molar-refractivity contribution in [3.8, 4) is 0 Å². The Morgan fingerprint density at radius 2 is 1.84 bits per heavy atom. The average molecular weight is 265 g/mol. The maximum absolute atomic E-state index is 11.4. The van der Waals surface area contributed by atoms with Gasteiger partial charge in [0.25, 0.3) is 0 Å². The summed E-state index contributed by atoms with van der Waals surface area (Å²) in [7, 11) is 1.29. The molecule has 0 bridgehead atoms. The molecule has 1 rings (SSSR count). The van der Waals surface area contributed by atoms with E-state index in [4.69, 9.17) is 0 Å². The van der Waals surface area contributed by atoms with Gasteiger partial charge in [-0.3, -0.25) is 9.69 Å². The Morgan fingerprint density at radius 3 is 2.32 bits per heavy atom. The second-order valence-corrected chi connectivity index (χ2v) is 4.41. The van der Waals surface area contributed by atoms with Crippen LogP contribution in [0.15, 0.2) is 30.3 Å². The molecular weight excluding hydrogens is 246 g/mol. The summed E-state index contributed by atoms with van der Waals surface area (Å²) in [5.41, 5.74) is 0.890. The van der Waals surface area contributed by atoms with Crippen molar-refractivity contribution in [3.63, 3.8) is 0 Å². The molecule has 0 heterocycles. The minimum absolute atomic E-state index is 0.0416. The first-order chi connectivity index (χ1) is 8.97. The van der Waals surface area contributed by atoms with E-state index in [-0.39, 0.29) is 12.5 Å². The highest BCUT2D eigenvalue weighted by Gasteiger charge is 2.27. The number of hydrogen-bond acceptors (Lipinski definition) is 3. The third-order valence-corrected chi connectivity index (χ3v) is 3.08. The second-order valence-electron chi connectivity index (χ2n) is 4.41. The van der Waals surface area contributed by atoms with Crippen molar-refractivity contribution >= 4 is 12.1 Å². The summed E-state index contributed by atoms with van der Waals surface area (Å²) in [6.07, 6.45) is -1.01. The van der Waals surface area contributed by atoms with Crippen LogP contribution in [0.3, 0.4) is 0 Å². The fraction of sp³-hybridized carbons (Fsp3) is 0.429. The third-order valence-electron chi connectivity index (χ3n) is 3.08. The van der Waals surface area contributed by atoms with Crippen molar-refractivity contribution in [3.05, 3.63) is 35.9 Å². The minimum atomic E-state index is -1.05. The summed E-state index contributed by atoms with van der Waals surface area (Å²) < 4.78 is 4.58. The Hall–Kier alpha value is -2.04. The standard InChI is InChI=1S/C14H19NO4/c1-10(9-13(16)19-3)15(14(17)18)11(2)12-7-5-4-6-8-12/h4-8,10-11H,9H2,1-3H3,(H,17,18)/t10-,11?/m1/s1. The number of methoxy groups -OCH3 is 1. The average Bonchev–Trinajstić information content (AvgIpc) is 2.39. The molecule has 104 valence electrons. The first-order valence-electron chi connectivity index (χ1n) is 6.10. The zero-order valence-electron chi connectivity index (χ0n) is 11.4. The van der Waals surface area contributed by atoms with E-state index in [0.29, 0.717) is 0 Å². The zero-order valence-corrected chi connectivity index (χ0v) is 11.4. The van der Waals surface area contributed by atoms with Gasteiger partial charge in [-0.2, -0.15) is 0 Å². The van der Waals surface area contributed by atoms with Gasteiger partial charge in [0.2, 0.25) is 0 Å². The maximum atomic E-state index is 11.4. The molecule has 19 heavy (non-hydrogen) atoms. The molecule has 0 radical (unpaired) electrons. The van der Waals surface area contributed by atoms with Crippen LogP contribution in [0.25, 0.3) is 0 Å². The van der Waals surface area contributed by atoms with Gasteiger partial charge in [0.1, 0.15) is 0 Å². The van der Waals surface area contributed by atoms with E-state index >= 15 is 0 Å². The quantitative estimate of drug-likeness (QED) is 0.831. The number of esters is 1. The Labute approximate surface area is 112 Å². The maximum Gasteiger partial charge on any atom is 0.408 e. The summed E-state index contributed by atoms with van der Waals surface area (Å²) in [5.74, 6) is -0.418. The van der Waals surface area contributed by atoms with Crippen molar-refractivity contribution < 1.29 is 19.4 Å². The topological polar surface area (TPSA) is 66.8 Å². The zero-order chi connectivity index (χ0) is 14.4. The van der Waals surface area contributed by atoms with E-state index < -0.39 is 18.1 Å². The van der Waals surface area contributed by atoms with Gasteiger partial charge in [0, 0.05) is 6.04 Å². The van der Waals surface area contributed by atoms with E-state index in [0.717, 1.165) is 5.56 Å². The van der Waals surface area contributed by atoms with Gasteiger partial charge >= 0.3 is 12.1 Å². The van der Waals surface area contributed by atoms with E-state index in [2.05, 4.69) is 4.74 Å². The minimum Gasteiger partial charge on any atom is -0.469 e. The van der Waals surface area contributed by atoms with Gasteiger partial charge in [-0.1, -0.05) is 30.3 Å². The monoisotopic (exact) mass is 265 g/mol. The molecule has 1 unspecified atom stereocenters. The van der Waals surface area contributed by atoms with Crippen molar-refractivity contribution in [2.75, 3.05) is 7.11 Å². The summed E-state index contributed by atoms with van der Waals surface area (Å²) in [5, 5.41) is 9.33. The van der Waals surface area contributed by atoms with Crippen LogP contribution in [0, 0.1) is 0 Å². The predicted octanol–water partition coefficient (Wildman–Crippen LogP) is 2.68. The molecule has 0 fully saturated rings. The first kappa shape index (κ1) is 15.0. The Balaban J connectivity index is 2.88. The van der Waals surface area contributed by atoms with Crippen LogP contribution >= 0.6 is 0 Å². The van der Waals surface area contributed by atoms with E-state index in [1.54, 1.807) is 13.8 Å². The van der Waals surface area contributed by atoms with Crippen LogP contribution in [0.1, 0.15) is 31.9 Å². The van der Waals surface area contributed by atoms with E-state index in [1.807, 2.05) is 30.3 Å². The molecule has 0 saturated heterocycles. The van der Waals surface area contributed by atoms with E-state index in [1.165, 1.54) is 12.0 Å². The third kappa shape index (κ3) is 3.98. The highest BCUT2D eigenvalue weighted by Crippen LogP contribution is 2.23.